The molecule has 3 N–H and O–H groups in total. The van der Waals surface area contributed by atoms with Gasteiger partial charge in [-0.1, -0.05) is 24.3 Å². The predicted octanol–water partition coefficient (Wildman–Crippen LogP) is 1.63. The molecule has 126 valence electrons. The highest BCUT2D eigenvalue weighted by atomic mass is 16.3. The molecule has 0 unspecified atom stereocenters. The molecular formula is C17H21N5O2. The number of urea groups is 1. The van der Waals surface area contributed by atoms with Crippen LogP contribution in [0, 0.1) is 6.92 Å². The Morgan fingerprint density at radius 2 is 2.04 bits per heavy atom. The lowest BCUT2D eigenvalue weighted by Crippen LogP contribution is -2.37. The molecule has 0 aliphatic heterocycles. The molecule has 1 aliphatic carbocycles. The van der Waals surface area contributed by atoms with Gasteiger partial charge in [0.05, 0.1) is 12.1 Å². The minimum absolute atomic E-state index is 0.233. The van der Waals surface area contributed by atoms with E-state index in [9.17, 15) is 9.90 Å². The summed E-state index contributed by atoms with van der Waals surface area (Å²) >= 11 is 0. The minimum atomic E-state index is -0.635. The fraction of sp³-hybridized carbons (Fsp3) is 0.353. The first-order valence-corrected chi connectivity index (χ1v) is 7.80. The lowest BCUT2D eigenvalue weighted by molar-refractivity contribution is 0.144. The Balaban J connectivity index is 1.73. The molecule has 0 fully saturated rings. The maximum atomic E-state index is 12.3. The minimum Gasteiger partial charge on any atom is -0.390 e. The lowest BCUT2D eigenvalue weighted by atomic mass is 10.1. The van der Waals surface area contributed by atoms with Crippen LogP contribution in [0.15, 0.2) is 30.3 Å². The molecule has 2 atom stereocenters. The molecule has 7 heteroatoms. The number of rotatable bonds is 3. The largest absolute Gasteiger partial charge is 0.390 e. The van der Waals surface area contributed by atoms with Crippen LogP contribution in [0.5, 0.6) is 0 Å². The summed E-state index contributed by atoms with van der Waals surface area (Å²) in [5.74, 6) is 0.945. The van der Waals surface area contributed by atoms with Crippen LogP contribution >= 0.6 is 0 Å². The van der Waals surface area contributed by atoms with Crippen LogP contribution in [0.2, 0.25) is 0 Å². The van der Waals surface area contributed by atoms with E-state index in [1.807, 2.05) is 56.3 Å². The SMILES string of the molecule is Cc1cc(N(C)C)nc(NC(=O)N[C@@H]2c3ccccc3C[C@H]2O)n1. The third-order valence-corrected chi connectivity index (χ3v) is 4.01. The van der Waals surface area contributed by atoms with Crippen LogP contribution in [0.4, 0.5) is 16.6 Å². The number of aromatic nitrogens is 2. The van der Waals surface area contributed by atoms with Gasteiger partial charge in [-0.3, -0.25) is 5.32 Å². The average molecular weight is 327 g/mol. The van der Waals surface area contributed by atoms with E-state index in [1.165, 1.54) is 0 Å². The maximum absolute atomic E-state index is 12.3. The zero-order valence-electron chi connectivity index (χ0n) is 13.9. The van der Waals surface area contributed by atoms with Crippen LogP contribution in [0.25, 0.3) is 0 Å². The number of benzene rings is 1. The topological polar surface area (TPSA) is 90.4 Å². The summed E-state index contributed by atoms with van der Waals surface area (Å²) in [5, 5.41) is 15.7. The lowest BCUT2D eigenvalue weighted by Gasteiger charge is -2.18. The number of nitrogens with one attached hydrogen (secondary N) is 2. The first kappa shape index (κ1) is 16.2. The van der Waals surface area contributed by atoms with Crippen molar-refractivity contribution in [2.45, 2.75) is 25.5 Å². The third kappa shape index (κ3) is 3.30. The monoisotopic (exact) mass is 327 g/mol. The van der Waals surface area contributed by atoms with Gasteiger partial charge in [0.15, 0.2) is 0 Å². The summed E-state index contributed by atoms with van der Waals surface area (Å²) in [6, 6.07) is 8.67. The Labute approximate surface area is 140 Å². The van der Waals surface area contributed by atoms with Gasteiger partial charge in [-0.25, -0.2) is 9.78 Å². The zero-order chi connectivity index (χ0) is 17.3. The number of carbonyl (C=O) groups excluding carboxylic acids is 1. The fourth-order valence-corrected chi connectivity index (χ4v) is 2.86. The van der Waals surface area contributed by atoms with E-state index in [1.54, 1.807) is 0 Å². The number of hydrogen-bond donors (Lipinski definition) is 3. The molecule has 2 amide bonds. The van der Waals surface area contributed by atoms with Crippen LogP contribution in [0.3, 0.4) is 0 Å². The Bertz CT molecular complexity index is 762. The van der Waals surface area contributed by atoms with E-state index in [4.69, 9.17) is 0 Å². The predicted molar refractivity (Wildman–Crippen MR) is 92.1 cm³/mol. The molecule has 1 aromatic heterocycles. The highest BCUT2D eigenvalue weighted by Gasteiger charge is 2.31. The number of amides is 2. The van der Waals surface area contributed by atoms with Gasteiger partial charge in [0.25, 0.3) is 0 Å². The van der Waals surface area contributed by atoms with Gasteiger partial charge in [0.1, 0.15) is 5.82 Å². The second-order valence-electron chi connectivity index (χ2n) is 6.13. The summed E-state index contributed by atoms with van der Waals surface area (Å²) in [6.07, 6.45) is -0.101. The molecule has 0 radical (unpaired) electrons. The molecule has 1 aliphatic rings. The van der Waals surface area contributed by atoms with E-state index in [-0.39, 0.29) is 5.95 Å². The second-order valence-corrected chi connectivity index (χ2v) is 6.13. The van der Waals surface area contributed by atoms with Crippen molar-refractivity contribution in [2.24, 2.45) is 0 Å². The number of nitrogens with zero attached hydrogens (tertiary/aromatic N) is 3. The van der Waals surface area contributed by atoms with E-state index >= 15 is 0 Å². The fourth-order valence-electron chi connectivity index (χ4n) is 2.86. The van der Waals surface area contributed by atoms with Gasteiger partial charge >= 0.3 is 6.03 Å². The average Bonchev–Trinajstić information content (AvgIpc) is 2.82. The summed E-state index contributed by atoms with van der Waals surface area (Å²) in [4.78, 5) is 22.6. The quantitative estimate of drug-likeness (QED) is 0.797. The van der Waals surface area contributed by atoms with E-state index in [2.05, 4.69) is 20.6 Å². The van der Waals surface area contributed by atoms with E-state index in [0.29, 0.717) is 12.2 Å². The smallest absolute Gasteiger partial charge is 0.322 e. The van der Waals surface area contributed by atoms with Crippen molar-refractivity contribution in [3.8, 4) is 0 Å². The highest BCUT2D eigenvalue weighted by molar-refractivity contribution is 5.88. The standard InChI is InChI=1S/C17H21N5O2/c1-10-8-14(22(2)3)19-16(18-10)21-17(24)20-15-12-7-5-4-6-11(12)9-13(15)23/h4-8,13,15,23H,9H2,1-3H3,(H2,18,19,20,21,24)/t13-,15-/m1/s1. The molecule has 0 saturated heterocycles. The van der Waals surface area contributed by atoms with Crippen molar-refractivity contribution < 1.29 is 9.90 Å². The number of fused-ring (bicyclic) bond motifs is 1. The Kier molecular flexibility index (Phi) is 4.35. The van der Waals surface area contributed by atoms with Crippen molar-refractivity contribution >= 4 is 17.8 Å². The van der Waals surface area contributed by atoms with Crippen molar-refractivity contribution in [1.82, 2.24) is 15.3 Å². The second kappa shape index (κ2) is 6.45. The third-order valence-electron chi connectivity index (χ3n) is 4.01. The van der Waals surface area contributed by atoms with Gasteiger partial charge < -0.3 is 15.3 Å². The van der Waals surface area contributed by atoms with Gasteiger partial charge in [0, 0.05) is 32.3 Å². The van der Waals surface area contributed by atoms with Gasteiger partial charge in [0.2, 0.25) is 5.95 Å². The van der Waals surface area contributed by atoms with Crippen LogP contribution in [-0.2, 0) is 6.42 Å². The number of aliphatic hydroxyl groups is 1. The number of hydrogen-bond acceptors (Lipinski definition) is 5. The Hall–Kier alpha value is -2.67. The summed E-state index contributed by atoms with van der Waals surface area (Å²) in [6.45, 7) is 1.84. The molecule has 1 aromatic carbocycles. The van der Waals surface area contributed by atoms with Gasteiger partial charge in [-0.2, -0.15) is 4.98 Å². The molecule has 1 heterocycles. The van der Waals surface area contributed by atoms with Crippen molar-refractivity contribution in [3.05, 3.63) is 47.2 Å². The Morgan fingerprint density at radius 3 is 2.79 bits per heavy atom. The molecule has 0 spiro atoms. The number of carbonyl (C=O) groups is 1. The normalized spacial score (nSPS) is 18.8. The van der Waals surface area contributed by atoms with Gasteiger partial charge in [-0.05, 0) is 18.1 Å². The van der Waals surface area contributed by atoms with Crippen molar-refractivity contribution in [2.75, 3.05) is 24.3 Å². The van der Waals surface area contributed by atoms with Crippen molar-refractivity contribution in [1.29, 1.82) is 0 Å². The highest BCUT2D eigenvalue weighted by Crippen LogP contribution is 2.31. The molecule has 0 saturated carbocycles. The summed E-state index contributed by atoms with van der Waals surface area (Å²) in [7, 11) is 3.74. The Morgan fingerprint density at radius 1 is 1.29 bits per heavy atom. The molecule has 24 heavy (non-hydrogen) atoms. The van der Waals surface area contributed by atoms with E-state index in [0.717, 1.165) is 16.8 Å². The maximum Gasteiger partial charge on any atom is 0.322 e. The van der Waals surface area contributed by atoms with Crippen molar-refractivity contribution in [3.63, 3.8) is 0 Å². The molecule has 0 bridgehead atoms. The molecular weight excluding hydrogens is 306 g/mol. The number of aliphatic hydroxyl groups excluding tert-OH is 1. The van der Waals surface area contributed by atoms with Crippen LogP contribution < -0.4 is 15.5 Å². The first-order chi connectivity index (χ1) is 11.4. The molecule has 3 rings (SSSR count). The van der Waals surface area contributed by atoms with Crippen LogP contribution in [0.1, 0.15) is 22.9 Å². The van der Waals surface area contributed by atoms with E-state index < -0.39 is 18.2 Å². The summed E-state index contributed by atoms with van der Waals surface area (Å²) in [5.41, 5.74) is 2.76. The summed E-state index contributed by atoms with van der Waals surface area (Å²) < 4.78 is 0. The first-order valence-electron chi connectivity index (χ1n) is 7.80. The molecule has 2 aromatic rings. The number of aryl methyl sites for hydroxylation is 1. The zero-order valence-corrected chi connectivity index (χ0v) is 13.9. The van der Waals surface area contributed by atoms with Gasteiger partial charge in [-0.15, -0.1) is 0 Å². The van der Waals surface area contributed by atoms with Crippen LogP contribution in [-0.4, -0.2) is 41.3 Å². The number of anilines is 2. The molecule has 7 nitrogen and oxygen atoms in total.